The van der Waals surface area contributed by atoms with Crippen LogP contribution in [0.2, 0.25) is 0 Å². The van der Waals surface area contributed by atoms with Gasteiger partial charge in [-0.05, 0) is 26.0 Å². The molecule has 2 unspecified atom stereocenters. The molecule has 0 aromatic heterocycles. The van der Waals surface area contributed by atoms with Crippen molar-refractivity contribution in [1.29, 1.82) is 0 Å². The summed E-state index contributed by atoms with van der Waals surface area (Å²) in [7, 11) is 0. The molecule has 0 fully saturated rings. The van der Waals surface area contributed by atoms with Crippen LogP contribution in [0, 0.1) is 0 Å². The van der Waals surface area contributed by atoms with Gasteiger partial charge in [0.15, 0.2) is 0 Å². The Kier molecular flexibility index (Phi) is 7.99. The summed E-state index contributed by atoms with van der Waals surface area (Å²) in [5, 5.41) is 3.01. The Labute approximate surface area is 91.2 Å². The van der Waals surface area contributed by atoms with Gasteiger partial charge in [-0.25, -0.2) is 0 Å². The summed E-state index contributed by atoms with van der Waals surface area (Å²) < 4.78 is 0. The van der Waals surface area contributed by atoms with Crippen molar-refractivity contribution in [3.8, 4) is 0 Å². The fraction of sp³-hybridized carbons (Fsp3) is 0.900. The van der Waals surface area contributed by atoms with E-state index in [0.717, 1.165) is 18.6 Å². The van der Waals surface area contributed by atoms with E-state index in [-0.39, 0.29) is 11.9 Å². The molecule has 4 heteroatoms. The number of thioether (sulfide) groups is 1. The second-order valence-corrected chi connectivity index (χ2v) is 4.55. The molecule has 0 spiro atoms. The molecule has 0 radical (unpaired) electrons. The molecule has 0 saturated heterocycles. The molecule has 3 N–H and O–H groups in total. The minimum Gasteiger partial charge on any atom is -0.353 e. The first kappa shape index (κ1) is 13.8. The molecule has 1 amide bonds. The van der Waals surface area contributed by atoms with Crippen molar-refractivity contribution in [3.05, 3.63) is 0 Å². The molecule has 14 heavy (non-hydrogen) atoms. The van der Waals surface area contributed by atoms with Crippen molar-refractivity contribution >= 4 is 17.7 Å². The van der Waals surface area contributed by atoms with Gasteiger partial charge in [-0.2, -0.15) is 11.8 Å². The Hall–Kier alpha value is -0.220. The van der Waals surface area contributed by atoms with Crippen LogP contribution in [0.3, 0.4) is 0 Å². The van der Waals surface area contributed by atoms with E-state index >= 15 is 0 Å². The zero-order chi connectivity index (χ0) is 11.0. The van der Waals surface area contributed by atoms with Crippen LogP contribution in [0.1, 0.15) is 33.1 Å². The van der Waals surface area contributed by atoms with E-state index in [4.69, 9.17) is 5.73 Å². The van der Waals surface area contributed by atoms with Gasteiger partial charge in [0.1, 0.15) is 0 Å². The minimum atomic E-state index is 0.112. The third-order valence-electron chi connectivity index (χ3n) is 2.05. The topological polar surface area (TPSA) is 55.1 Å². The van der Waals surface area contributed by atoms with E-state index in [9.17, 15) is 4.79 Å². The summed E-state index contributed by atoms with van der Waals surface area (Å²) in [5.74, 6) is 1.11. The molecule has 0 bridgehead atoms. The van der Waals surface area contributed by atoms with Gasteiger partial charge in [-0.3, -0.25) is 4.79 Å². The third-order valence-corrected chi connectivity index (χ3v) is 2.79. The first-order valence-electron chi connectivity index (χ1n) is 5.14. The van der Waals surface area contributed by atoms with Gasteiger partial charge in [0.2, 0.25) is 5.91 Å². The average Bonchev–Trinajstić information content (AvgIpc) is 2.14. The Balaban J connectivity index is 3.67. The lowest BCUT2D eigenvalue weighted by Gasteiger charge is -2.15. The van der Waals surface area contributed by atoms with Crippen LogP contribution < -0.4 is 11.1 Å². The normalized spacial score (nSPS) is 14.9. The summed E-state index contributed by atoms with van der Waals surface area (Å²) >= 11 is 1.76. The molecule has 0 aliphatic rings. The van der Waals surface area contributed by atoms with Gasteiger partial charge < -0.3 is 11.1 Å². The molecule has 84 valence electrons. The average molecular weight is 218 g/mol. The number of hydrogen-bond acceptors (Lipinski definition) is 3. The Morgan fingerprint density at radius 3 is 2.64 bits per heavy atom. The maximum atomic E-state index is 11.4. The summed E-state index contributed by atoms with van der Waals surface area (Å²) in [6, 6.07) is 0.423. The molecule has 0 aliphatic heterocycles. The van der Waals surface area contributed by atoms with Crippen LogP contribution in [-0.4, -0.2) is 30.0 Å². The minimum absolute atomic E-state index is 0.112. The van der Waals surface area contributed by atoms with Gasteiger partial charge in [-0.15, -0.1) is 0 Å². The quantitative estimate of drug-likeness (QED) is 0.678. The van der Waals surface area contributed by atoms with Gasteiger partial charge >= 0.3 is 0 Å². The van der Waals surface area contributed by atoms with Crippen LogP contribution in [0.25, 0.3) is 0 Å². The number of carbonyl (C=O) groups excluding carboxylic acids is 1. The van der Waals surface area contributed by atoms with Gasteiger partial charge in [-0.1, -0.05) is 6.92 Å². The Morgan fingerprint density at radius 1 is 1.57 bits per heavy atom. The number of nitrogens with one attached hydrogen (secondary N) is 1. The predicted octanol–water partition coefficient (Wildman–Crippen LogP) is 1.37. The smallest absolute Gasteiger partial charge is 0.220 e. The maximum absolute atomic E-state index is 11.4. The van der Waals surface area contributed by atoms with Crippen LogP contribution in [0.5, 0.6) is 0 Å². The molecule has 0 heterocycles. The first-order chi connectivity index (χ1) is 6.60. The molecule has 0 saturated carbocycles. The lowest BCUT2D eigenvalue weighted by atomic mass is 10.2. The molecule has 0 aromatic rings. The number of nitrogens with two attached hydrogens (primary N) is 1. The van der Waals surface area contributed by atoms with E-state index in [2.05, 4.69) is 18.5 Å². The number of hydrogen-bond donors (Lipinski definition) is 2. The van der Waals surface area contributed by atoms with Crippen LogP contribution in [0.4, 0.5) is 0 Å². The first-order valence-corrected chi connectivity index (χ1v) is 6.53. The number of rotatable bonds is 7. The molecule has 3 nitrogen and oxygen atoms in total. The zero-order valence-corrected chi connectivity index (χ0v) is 10.2. The summed E-state index contributed by atoms with van der Waals surface area (Å²) in [6.45, 7) is 4.01. The van der Waals surface area contributed by atoms with Crippen molar-refractivity contribution in [2.45, 2.75) is 45.2 Å². The standard InChI is InChI=1S/C10H22N2OS/c1-4-9(7-14-3)12-10(13)6-5-8(2)11/h8-9H,4-7,11H2,1-3H3,(H,12,13). The highest BCUT2D eigenvalue weighted by atomic mass is 32.2. The molecular weight excluding hydrogens is 196 g/mol. The second kappa shape index (κ2) is 8.12. The highest BCUT2D eigenvalue weighted by Gasteiger charge is 2.09. The van der Waals surface area contributed by atoms with E-state index in [0.29, 0.717) is 12.5 Å². The molecule has 2 atom stereocenters. The van der Waals surface area contributed by atoms with E-state index in [1.54, 1.807) is 11.8 Å². The van der Waals surface area contributed by atoms with Gasteiger partial charge in [0.05, 0.1) is 0 Å². The fourth-order valence-corrected chi connectivity index (χ4v) is 1.84. The van der Waals surface area contributed by atoms with Crippen molar-refractivity contribution in [2.75, 3.05) is 12.0 Å². The van der Waals surface area contributed by atoms with Crippen molar-refractivity contribution < 1.29 is 4.79 Å². The molecular formula is C10H22N2OS. The summed E-state index contributed by atoms with van der Waals surface area (Å²) in [4.78, 5) is 11.4. The van der Waals surface area contributed by atoms with Gasteiger partial charge in [0.25, 0.3) is 0 Å². The van der Waals surface area contributed by atoms with Crippen LogP contribution >= 0.6 is 11.8 Å². The monoisotopic (exact) mass is 218 g/mol. The molecule has 0 aliphatic carbocycles. The lowest BCUT2D eigenvalue weighted by Crippen LogP contribution is -2.36. The van der Waals surface area contributed by atoms with E-state index < -0.39 is 0 Å². The highest BCUT2D eigenvalue weighted by molar-refractivity contribution is 7.98. The SMILES string of the molecule is CCC(CSC)NC(=O)CCC(C)N. The van der Waals surface area contributed by atoms with Gasteiger partial charge in [0, 0.05) is 24.3 Å². The Bertz CT molecular complexity index is 162. The summed E-state index contributed by atoms with van der Waals surface area (Å²) in [6.07, 6.45) is 4.35. The third kappa shape index (κ3) is 7.21. The molecule has 0 aromatic carbocycles. The molecule has 0 rings (SSSR count). The summed E-state index contributed by atoms with van der Waals surface area (Å²) in [5.41, 5.74) is 5.58. The van der Waals surface area contributed by atoms with Crippen LogP contribution in [0.15, 0.2) is 0 Å². The van der Waals surface area contributed by atoms with Crippen molar-refractivity contribution in [1.82, 2.24) is 5.32 Å². The van der Waals surface area contributed by atoms with E-state index in [1.807, 2.05) is 6.92 Å². The van der Waals surface area contributed by atoms with Crippen molar-refractivity contribution in [2.24, 2.45) is 5.73 Å². The largest absolute Gasteiger partial charge is 0.353 e. The predicted molar refractivity (Wildman–Crippen MR) is 63.5 cm³/mol. The van der Waals surface area contributed by atoms with Crippen molar-refractivity contribution in [3.63, 3.8) is 0 Å². The van der Waals surface area contributed by atoms with E-state index in [1.165, 1.54) is 0 Å². The fourth-order valence-electron chi connectivity index (χ4n) is 1.12. The Morgan fingerprint density at radius 2 is 2.21 bits per heavy atom. The number of amides is 1. The zero-order valence-electron chi connectivity index (χ0n) is 9.38. The second-order valence-electron chi connectivity index (χ2n) is 3.64. The maximum Gasteiger partial charge on any atom is 0.220 e. The highest BCUT2D eigenvalue weighted by Crippen LogP contribution is 2.02. The lowest BCUT2D eigenvalue weighted by molar-refractivity contribution is -0.121. The van der Waals surface area contributed by atoms with Crippen LogP contribution in [-0.2, 0) is 4.79 Å². The number of carbonyl (C=O) groups is 1.